The molecule has 0 bridgehead atoms. The summed E-state index contributed by atoms with van der Waals surface area (Å²) in [5, 5.41) is 12.6. The van der Waals surface area contributed by atoms with Gasteiger partial charge < -0.3 is 14.1 Å². The van der Waals surface area contributed by atoms with E-state index in [1.807, 2.05) is 49.2 Å². The lowest BCUT2D eigenvalue weighted by atomic mass is 9.70. The smallest absolute Gasteiger partial charge is 0.257 e. The van der Waals surface area contributed by atoms with Crippen LogP contribution >= 0.6 is 0 Å². The molecule has 0 saturated carbocycles. The third-order valence-corrected chi connectivity index (χ3v) is 7.00. The van der Waals surface area contributed by atoms with Gasteiger partial charge >= 0.3 is 0 Å². The van der Waals surface area contributed by atoms with Crippen molar-refractivity contribution in [3.8, 4) is 5.75 Å². The number of likely N-dealkylation sites (tertiary alicyclic amines) is 2. The Labute approximate surface area is 193 Å². The second-order valence-corrected chi connectivity index (χ2v) is 9.17. The highest BCUT2D eigenvalue weighted by Crippen LogP contribution is 2.49. The zero-order valence-corrected chi connectivity index (χ0v) is 19.2. The van der Waals surface area contributed by atoms with Crippen LogP contribution in [-0.2, 0) is 7.05 Å². The van der Waals surface area contributed by atoms with Gasteiger partial charge in [-0.3, -0.25) is 14.4 Å². The Morgan fingerprint density at radius 3 is 2.67 bits per heavy atom. The van der Waals surface area contributed by atoms with E-state index in [1.54, 1.807) is 17.1 Å². The van der Waals surface area contributed by atoms with Gasteiger partial charge in [0.2, 0.25) is 11.8 Å². The van der Waals surface area contributed by atoms with Crippen molar-refractivity contribution in [2.75, 3.05) is 39.3 Å². The number of hydrogen-bond donors (Lipinski definition) is 0. The number of nitrogens with zero attached hydrogens (tertiary/aromatic N) is 6. The van der Waals surface area contributed by atoms with Crippen molar-refractivity contribution in [3.63, 3.8) is 0 Å². The van der Waals surface area contributed by atoms with Gasteiger partial charge in [-0.05, 0) is 38.1 Å². The molecule has 2 saturated heterocycles. The quantitative estimate of drug-likeness (QED) is 0.570. The van der Waals surface area contributed by atoms with Gasteiger partial charge in [0.25, 0.3) is 5.91 Å². The Morgan fingerprint density at radius 1 is 1.21 bits per heavy atom. The van der Waals surface area contributed by atoms with Gasteiger partial charge in [-0.25, -0.2) is 0 Å². The third kappa shape index (κ3) is 4.50. The number of carbonyl (C=O) groups is 1. The van der Waals surface area contributed by atoms with Crippen LogP contribution in [0.5, 0.6) is 5.75 Å². The number of rotatable bonds is 6. The number of hydrogen-bond acceptors (Lipinski definition) is 7. The van der Waals surface area contributed by atoms with Gasteiger partial charge in [0.15, 0.2) is 0 Å². The van der Waals surface area contributed by atoms with E-state index in [1.165, 1.54) is 0 Å². The van der Waals surface area contributed by atoms with E-state index >= 15 is 0 Å². The van der Waals surface area contributed by atoms with Crippen molar-refractivity contribution in [1.82, 2.24) is 29.8 Å². The first-order valence-corrected chi connectivity index (χ1v) is 11.5. The lowest BCUT2D eigenvalue weighted by Crippen LogP contribution is -2.45. The molecule has 9 heteroatoms. The normalized spacial score (nSPS) is 20.4. The second-order valence-electron chi connectivity index (χ2n) is 9.17. The number of para-hydroxylation sites is 1. The number of aromatic nitrogens is 4. The Morgan fingerprint density at radius 2 is 2.00 bits per heavy atom. The maximum atomic E-state index is 13.2. The van der Waals surface area contributed by atoms with Crippen LogP contribution in [0.15, 0.2) is 47.1 Å². The molecule has 1 spiro atoms. The number of piperidine rings is 1. The zero-order chi connectivity index (χ0) is 22.8. The molecule has 2 aromatic heterocycles. The summed E-state index contributed by atoms with van der Waals surface area (Å²) in [6, 6.07) is 9.92. The summed E-state index contributed by atoms with van der Waals surface area (Å²) in [6.45, 7) is 6.55. The molecule has 33 heavy (non-hydrogen) atoms. The van der Waals surface area contributed by atoms with Crippen molar-refractivity contribution in [2.45, 2.75) is 25.7 Å². The number of carbonyl (C=O) groups excluding carboxylic acids is 1. The van der Waals surface area contributed by atoms with Crippen LogP contribution in [0.3, 0.4) is 0 Å². The fourth-order valence-electron chi connectivity index (χ4n) is 5.17. The van der Waals surface area contributed by atoms with E-state index in [2.05, 4.69) is 20.2 Å². The summed E-state index contributed by atoms with van der Waals surface area (Å²) in [6.07, 6.45) is 5.35. The Bertz CT molecular complexity index is 1090. The van der Waals surface area contributed by atoms with Gasteiger partial charge in [0.05, 0.1) is 17.7 Å². The monoisotopic (exact) mass is 450 g/mol. The van der Waals surface area contributed by atoms with Crippen molar-refractivity contribution in [3.05, 3.63) is 60.1 Å². The largest absolute Gasteiger partial charge is 0.492 e. The summed E-state index contributed by atoms with van der Waals surface area (Å²) in [5.74, 6) is 2.17. The maximum absolute atomic E-state index is 13.2. The average molecular weight is 451 g/mol. The SMILES string of the molecule is Cc1nnc(C2CN(C(=O)c3cnn(C)c3)CC23CCN(CCOc2ccccc2)CC3)o1. The lowest BCUT2D eigenvalue weighted by molar-refractivity contribution is 0.0674. The Kier molecular flexibility index (Phi) is 5.88. The second kappa shape index (κ2) is 8.97. The van der Waals surface area contributed by atoms with Crippen molar-refractivity contribution in [2.24, 2.45) is 12.5 Å². The zero-order valence-electron chi connectivity index (χ0n) is 19.2. The molecule has 2 aliphatic heterocycles. The molecule has 2 fully saturated rings. The van der Waals surface area contributed by atoms with Crippen LogP contribution in [-0.4, -0.2) is 75.0 Å². The van der Waals surface area contributed by atoms with E-state index in [0.717, 1.165) is 38.2 Å². The molecule has 4 heterocycles. The maximum Gasteiger partial charge on any atom is 0.257 e. The van der Waals surface area contributed by atoms with Crippen molar-refractivity contribution in [1.29, 1.82) is 0 Å². The summed E-state index contributed by atoms with van der Waals surface area (Å²) < 4.78 is 13.4. The Hall–Kier alpha value is -3.20. The fourth-order valence-corrected chi connectivity index (χ4v) is 5.17. The number of aryl methyl sites for hydroxylation is 2. The van der Waals surface area contributed by atoms with E-state index in [0.29, 0.717) is 37.0 Å². The highest BCUT2D eigenvalue weighted by molar-refractivity contribution is 5.94. The summed E-state index contributed by atoms with van der Waals surface area (Å²) >= 11 is 0. The molecular weight excluding hydrogens is 420 g/mol. The van der Waals surface area contributed by atoms with E-state index < -0.39 is 0 Å². The molecule has 174 valence electrons. The van der Waals surface area contributed by atoms with Crippen molar-refractivity contribution < 1.29 is 13.9 Å². The van der Waals surface area contributed by atoms with Crippen molar-refractivity contribution >= 4 is 5.91 Å². The first-order chi connectivity index (χ1) is 16.0. The molecule has 1 atom stereocenters. The van der Waals surface area contributed by atoms with E-state index in [9.17, 15) is 4.79 Å². The molecule has 2 aliphatic rings. The molecule has 0 aliphatic carbocycles. The van der Waals surface area contributed by atoms with Crippen LogP contribution in [0.2, 0.25) is 0 Å². The molecule has 0 radical (unpaired) electrons. The Balaban J connectivity index is 1.26. The first-order valence-electron chi connectivity index (χ1n) is 11.5. The van der Waals surface area contributed by atoms with Crippen LogP contribution in [0.25, 0.3) is 0 Å². The molecule has 1 aromatic carbocycles. The predicted molar refractivity (Wildman–Crippen MR) is 121 cm³/mol. The minimum absolute atomic E-state index is 0.0138. The topological polar surface area (TPSA) is 89.5 Å². The predicted octanol–water partition coefficient (Wildman–Crippen LogP) is 2.51. The first kappa shape index (κ1) is 21.6. The highest BCUT2D eigenvalue weighted by atomic mass is 16.5. The highest BCUT2D eigenvalue weighted by Gasteiger charge is 2.52. The average Bonchev–Trinajstić information content (AvgIpc) is 3.54. The van der Waals surface area contributed by atoms with Crippen LogP contribution in [0, 0.1) is 12.3 Å². The number of ether oxygens (including phenoxy) is 1. The summed E-state index contributed by atoms with van der Waals surface area (Å²) in [4.78, 5) is 17.6. The molecule has 1 amide bonds. The van der Waals surface area contributed by atoms with Gasteiger partial charge in [-0.2, -0.15) is 5.10 Å². The van der Waals surface area contributed by atoms with Crippen LogP contribution in [0.4, 0.5) is 0 Å². The minimum Gasteiger partial charge on any atom is -0.492 e. The molecular formula is C24H30N6O3. The molecule has 1 unspecified atom stereocenters. The molecule has 0 N–H and O–H groups in total. The van der Waals surface area contributed by atoms with Gasteiger partial charge in [-0.1, -0.05) is 18.2 Å². The summed E-state index contributed by atoms with van der Waals surface area (Å²) in [5.41, 5.74) is 0.554. The number of benzene rings is 1. The third-order valence-electron chi connectivity index (χ3n) is 7.00. The van der Waals surface area contributed by atoms with Gasteiger partial charge in [-0.15, -0.1) is 10.2 Å². The molecule has 3 aromatic rings. The van der Waals surface area contributed by atoms with Gasteiger partial charge in [0.1, 0.15) is 12.4 Å². The van der Waals surface area contributed by atoms with Crippen LogP contribution in [0.1, 0.15) is 40.9 Å². The standard InChI is InChI=1S/C24H30N6O3/c1-18-26-27-22(33-18)21-16-30(23(31)19-14-25-28(2)15-19)17-24(21)8-10-29(11-9-24)12-13-32-20-6-4-3-5-7-20/h3-7,14-15,21H,8-13,16-17H2,1-2H3. The van der Waals surface area contributed by atoms with E-state index in [-0.39, 0.29) is 17.2 Å². The van der Waals surface area contributed by atoms with Gasteiger partial charge in [0, 0.05) is 45.2 Å². The molecule has 9 nitrogen and oxygen atoms in total. The number of amides is 1. The van der Waals surface area contributed by atoms with Crippen LogP contribution < -0.4 is 4.74 Å². The lowest BCUT2D eigenvalue weighted by Gasteiger charge is -2.41. The fraction of sp³-hybridized carbons (Fsp3) is 0.500. The summed E-state index contributed by atoms with van der Waals surface area (Å²) in [7, 11) is 1.82. The minimum atomic E-state index is -0.0619. The van der Waals surface area contributed by atoms with E-state index in [4.69, 9.17) is 9.15 Å². The molecule has 5 rings (SSSR count).